The number of ketones is 1. The van der Waals surface area contributed by atoms with E-state index in [4.69, 9.17) is 5.11 Å². The van der Waals surface area contributed by atoms with E-state index in [1.165, 1.54) is 0 Å². The van der Waals surface area contributed by atoms with Gasteiger partial charge in [-0.2, -0.15) is 0 Å². The Labute approximate surface area is 54.9 Å². The molecule has 0 amide bonds. The van der Waals surface area contributed by atoms with Gasteiger partial charge in [-0.15, -0.1) is 0 Å². The van der Waals surface area contributed by atoms with Gasteiger partial charge in [0, 0.05) is 5.92 Å². The Morgan fingerprint density at radius 3 is 2.44 bits per heavy atom. The monoisotopic (exact) mass is 128 g/mol. The van der Waals surface area contributed by atoms with Crippen LogP contribution in [0.3, 0.4) is 0 Å². The molecule has 0 aliphatic heterocycles. The molecule has 0 aromatic carbocycles. The highest BCUT2D eigenvalue weighted by atomic mass is 16.3. The number of rotatable bonds is 1. The number of aliphatic hydroxyl groups excluding tert-OH is 1. The molecule has 1 fully saturated rings. The number of Topliss-reactive ketones (excluding diaryl/α,β-unsaturated/α-hetero) is 1. The van der Waals surface area contributed by atoms with Gasteiger partial charge >= 0.3 is 0 Å². The minimum Gasteiger partial charge on any atom is -0.393 e. The summed E-state index contributed by atoms with van der Waals surface area (Å²) in [6.45, 7) is 1.60. The van der Waals surface area contributed by atoms with E-state index in [1.807, 2.05) is 0 Å². The number of aliphatic hydroxyl groups is 1. The van der Waals surface area contributed by atoms with Gasteiger partial charge in [0.15, 0.2) is 0 Å². The first-order valence-corrected chi connectivity index (χ1v) is 3.38. The summed E-state index contributed by atoms with van der Waals surface area (Å²) in [7, 11) is 0. The van der Waals surface area contributed by atoms with Crippen molar-refractivity contribution in [1.29, 1.82) is 0 Å². The van der Waals surface area contributed by atoms with Crippen LogP contribution in [0.25, 0.3) is 0 Å². The Bertz CT molecular complexity index is 120. The zero-order valence-corrected chi connectivity index (χ0v) is 5.63. The molecule has 2 atom stereocenters. The lowest BCUT2D eigenvalue weighted by Gasteiger charge is -2.01. The summed E-state index contributed by atoms with van der Waals surface area (Å²) in [6.07, 6.45) is 2.18. The Balaban J connectivity index is 2.39. The van der Waals surface area contributed by atoms with Crippen molar-refractivity contribution >= 4 is 5.78 Å². The largest absolute Gasteiger partial charge is 0.393 e. The van der Waals surface area contributed by atoms with Gasteiger partial charge in [0.25, 0.3) is 0 Å². The Morgan fingerprint density at radius 1 is 1.56 bits per heavy atom. The summed E-state index contributed by atoms with van der Waals surface area (Å²) in [5.74, 6) is 0.381. The van der Waals surface area contributed by atoms with Crippen molar-refractivity contribution in [2.75, 3.05) is 0 Å². The Morgan fingerprint density at radius 2 is 2.22 bits per heavy atom. The first-order chi connectivity index (χ1) is 4.20. The number of carbonyl (C=O) groups excluding carboxylic acids is 1. The smallest absolute Gasteiger partial charge is 0.133 e. The lowest BCUT2D eigenvalue weighted by Crippen LogP contribution is -2.07. The fourth-order valence-electron chi connectivity index (χ4n) is 1.33. The minimum atomic E-state index is -0.209. The fraction of sp³-hybridized carbons (Fsp3) is 0.857. The average molecular weight is 128 g/mol. The summed E-state index contributed by atoms with van der Waals surface area (Å²) in [5, 5.41) is 9.00. The molecular formula is C7H12O2. The van der Waals surface area contributed by atoms with Crippen molar-refractivity contribution in [2.45, 2.75) is 32.3 Å². The highest BCUT2D eigenvalue weighted by Crippen LogP contribution is 2.25. The zero-order chi connectivity index (χ0) is 6.85. The highest BCUT2D eigenvalue weighted by molar-refractivity contribution is 5.78. The van der Waals surface area contributed by atoms with E-state index < -0.39 is 0 Å². The number of carbonyl (C=O) groups is 1. The predicted octanol–water partition coefficient (Wildman–Crippen LogP) is 0.736. The third kappa shape index (κ3) is 1.52. The van der Waals surface area contributed by atoms with Crippen molar-refractivity contribution in [3.8, 4) is 0 Å². The molecule has 1 rings (SSSR count). The molecule has 0 saturated heterocycles. The highest BCUT2D eigenvalue weighted by Gasteiger charge is 2.25. The average Bonchev–Trinajstić information content (AvgIpc) is 2.14. The molecule has 1 aliphatic rings. The summed E-state index contributed by atoms with van der Waals surface area (Å²) >= 11 is 0. The second-order valence-electron chi connectivity index (χ2n) is 2.77. The standard InChI is InChI=1S/C7H12O2/c1-5(8)6-2-3-7(9)4-6/h6-7,9H,2-4H2,1H3/t6-,7-/m0/s1. The molecule has 2 nitrogen and oxygen atoms in total. The van der Waals surface area contributed by atoms with E-state index in [1.54, 1.807) is 6.92 Å². The summed E-state index contributed by atoms with van der Waals surface area (Å²) in [4.78, 5) is 10.7. The number of hydrogen-bond donors (Lipinski definition) is 1. The van der Waals surface area contributed by atoms with E-state index in [-0.39, 0.29) is 17.8 Å². The molecule has 0 unspecified atom stereocenters. The van der Waals surface area contributed by atoms with Crippen LogP contribution in [0.2, 0.25) is 0 Å². The minimum absolute atomic E-state index is 0.153. The molecule has 0 aromatic rings. The second-order valence-corrected chi connectivity index (χ2v) is 2.77. The summed E-state index contributed by atoms with van der Waals surface area (Å²) in [6, 6.07) is 0. The first kappa shape index (κ1) is 6.75. The van der Waals surface area contributed by atoms with Crippen LogP contribution in [0.4, 0.5) is 0 Å². The Kier molecular flexibility index (Phi) is 1.86. The Hall–Kier alpha value is -0.370. The molecular weight excluding hydrogens is 116 g/mol. The predicted molar refractivity (Wildman–Crippen MR) is 34.0 cm³/mol. The zero-order valence-electron chi connectivity index (χ0n) is 5.63. The summed E-state index contributed by atoms with van der Waals surface area (Å²) < 4.78 is 0. The van der Waals surface area contributed by atoms with Gasteiger partial charge in [-0.3, -0.25) is 4.79 Å². The fourth-order valence-corrected chi connectivity index (χ4v) is 1.33. The molecule has 0 bridgehead atoms. The van der Waals surface area contributed by atoms with E-state index in [2.05, 4.69) is 0 Å². The number of hydrogen-bond acceptors (Lipinski definition) is 2. The molecule has 0 spiro atoms. The van der Waals surface area contributed by atoms with Gasteiger partial charge in [0.2, 0.25) is 0 Å². The SMILES string of the molecule is CC(=O)[C@H]1CC[C@H](O)C1. The van der Waals surface area contributed by atoms with E-state index in [0.717, 1.165) is 12.8 Å². The first-order valence-electron chi connectivity index (χ1n) is 3.38. The molecule has 0 heterocycles. The maximum absolute atomic E-state index is 10.7. The molecule has 0 radical (unpaired) electrons. The van der Waals surface area contributed by atoms with Crippen LogP contribution in [0.5, 0.6) is 0 Å². The van der Waals surface area contributed by atoms with E-state index in [9.17, 15) is 4.79 Å². The van der Waals surface area contributed by atoms with Crippen molar-refractivity contribution in [3.63, 3.8) is 0 Å². The van der Waals surface area contributed by atoms with Crippen molar-refractivity contribution < 1.29 is 9.90 Å². The van der Waals surface area contributed by atoms with Gasteiger partial charge in [0.05, 0.1) is 6.10 Å². The maximum atomic E-state index is 10.7. The van der Waals surface area contributed by atoms with Crippen LogP contribution in [0, 0.1) is 5.92 Å². The molecule has 1 aliphatic carbocycles. The van der Waals surface area contributed by atoms with E-state index in [0.29, 0.717) is 6.42 Å². The van der Waals surface area contributed by atoms with Crippen LogP contribution in [-0.2, 0) is 4.79 Å². The van der Waals surface area contributed by atoms with Crippen LogP contribution >= 0.6 is 0 Å². The van der Waals surface area contributed by atoms with Crippen molar-refractivity contribution in [1.82, 2.24) is 0 Å². The molecule has 0 aromatic heterocycles. The summed E-state index contributed by atoms with van der Waals surface area (Å²) in [5.41, 5.74) is 0. The van der Waals surface area contributed by atoms with Gasteiger partial charge in [0.1, 0.15) is 5.78 Å². The van der Waals surface area contributed by atoms with Crippen molar-refractivity contribution in [2.24, 2.45) is 5.92 Å². The quantitative estimate of drug-likeness (QED) is 0.565. The van der Waals surface area contributed by atoms with Crippen molar-refractivity contribution in [3.05, 3.63) is 0 Å². The van der Waals surface area contributed by atoms with E-state index >= 15 is 0 Å². The molecule has 9 heavy (non-hydrogen) atoms. The third-order valence-electron chi connectivity index (χ3n) is 1.98. The molecule has 1 N–H and O–H groups in total. The molecule has 1 saturated carbocycles. The second kappa shape index (κ2) is 2.48. The van der Waals surface area contributed by atoms with Gasteiger partial charge < -0.3 is 5.11 Å². The molecule has 52 valence electrons. The maximum Gasteiger partial charge on any atom is 0.133 e. The van der Waals surface area contributed by atoms with Gasteiger partial charge in [-0.25, -0.2) is 0 Å². The van der Waals surface area contributed by atoms with Gasteiger partial charge in [-0.05, 0) is 26.2 Å². The molecule has 2 heteroatoms. The van der Waals surface area contributed by atoms with Crippen LogP contribution in [0.1, 0.15) is 26.2 Å². The van der Waals surface area contributed by atoms with Crippen LogP contribution in [0.15, 0.2) is 0 Å². The normalized spacial score (nSPS) is 34.9. The van der Waals surface area contributed by atoms with Gasteiger partial charge in [-0.1, -0.05) is 0 Å². The lowest BCUT2D eigenvalue weighted by molar-refractivity contribution is -0.120. The topological polar surface area (TPSA) is 37.3 Å². The third-order valence-corrected chi connectivity index (χ3v) is 1.98. The lowest BCUT2D eigenvalue weighted by atomic mass is 10.0. The van der Waals surface area contributed by atoms with Crippen LogP contribution in [-0.4, -0.2) is 17.0 Å². The van der Waals surface area contributed by atoms with Crippen LogP contribution < -0.4 is 0 Å².